The first-order valence-electron chi connectivity index (χ1n) is 5.29. The van der Waals surface area contributed by atoms with E-state index in [-0.39, 0.29) is 5.97 Å². The molecular weight excluding hydrogens is 218 g/mol. The number of hydrogen-bond donors (Lipinski definition) is 0. The first-order valence-corrected chi connectivity index (χ1v) is 5.29. The van der Waals surface area contributed by atoms with Crippen molar-refractivity contribution in [2.45, 2.75) is 25.9 Å². The van der Waals surface area contributed by atoms with E-state index in [2.05, 4.69) is 6.07 Å². The molecule has 1 aromatic rings. The van der Waals surface area contributed by atoms with Crippen molar-refractivity contribution in [1.29, 1.82) is 5.26 Å². The van der Waals surface area contributed by atoms with Crippen molar-refractivity contribution in [3.05, 3.63) is 29.8 Å². The normalized spacial score (nSPS) is 13.3. The van der Waals surface area contributed by atoms with Crippen LogP contribution < -0.4 is 4.74 Å². The third kappa shape index (κ3) is 3.49. The quantitative estimate of drug-likeness (QED) is 0.748. The van der Waals surface area contributed by atoms with Crippen LogP contribution in [-0.2, 0) is 9.53 Å². The lowest BCUT2D eigenvalue weighted by atomic mass is 9.95. The molecule has 0 N–H and O–H groups in total. The standard InChI is InChI=1S/C13H15NO3/c1-9(17-10(2)15)13(8-14)11-4-6-12(16-3)7-5-11/h4-7,9,13H,1-3H3. The monoisotopic (exact) mass is 233 g/mol. The number of esters is 1. The van der Waals surface area contributed by atoms with E-state index >= 15 is 0 Å². The lowest BCUT2D eigenvalue weighted by Crippen LogP contribution is -2.20. The Labute approximate surface area is 101 Å². The first-order chi connectivity index (χ1) is 8.08. The summed E-state index contributed by atoms with van der Waals surface area (Å²) in [5.74, 6) is -0.123. The highest BCUT2D eigenvalue weighted by molar-refractivity contribution is 5.66. The number of ether oxygens (including phenoxy) is 2. The van der Waals surface area contributed by atoms with E-state index in [9.17, 15) is 4.79 Å². The lowest BCUT2D eigenvalue weighted by Gasteiger charge is -2.17. The van der Waals surface area contributed by atoms with Crippen molar-refractivity contribution in [3.8, 4) is 11.8 Å². The Balaban J connectivity index is 2.86. The second-order valence-electron chi connectivity index (χ2n) is 3.69. The Bertz CT molecular complexity index is 419. The van der Waals surface area contributed by atoms with Crippen LogP contribution in [0.5, 0.6) is 5.75 Å². The summed E-state index contributed by atoms with van der Waals surface area (Å²) in [6, 6.07) is 9.30. The molecule has 0 heterocycles. The Hall–Kier alpha value is -2.02. The maximum Gasteiger partial charge on any atom is 0.302 e. The number of methoxy groups -OCH3 is 1. The molecule has 4 nitrogen and oxygen atoms in total. The van der Waals surface area contributed by atoms with Gasteiger partial charge in [0.05, 0.1) is 13.2 Å². The van der Waals surface area contributed by atoms with E-state index in [0.717, 1.165) is 11.3 Å². The Morgan fingerprint density at radius 3 is 2.35 bits per heavy atom. The average Bonchev–Trinajstić information content (AvgIpc) is 2.30. The van der Waals surface area contributed by atoms with Crippen molar-refractivity contribution in [2.75, 3.05) is 7.11 Å². The zero-order valence-electron chi connectivity index (χ0n) is 10.1. The van der Waals surface area contributed by atoms with Crippen LogP contribution in [0.15, 0.2) is 24.3 Å². The Morgan fingerprint density at radius 1 is 1.35 bits per heavy atom. The van der Waals surface area contributed by atoms with E-state index < -0.39 is 12.0 Å². The number of nitriles is 1. The molecule has 0 aliphatic rings. The highest BCUT2D eigenvalue weighted by Crippen LogP contribution is 2.23. The molecule has 2 unspecified atom stereocenters. The van der Waals surface area contributed by atoms with Gasteiger partial charge in [-0.15, -0.1) is 0 Å². The molecule has 0 amide bonds. The molecule has 0 spiro atoms. The van der Waals surface area contributed by atoms with E-state index in [1.165, 1.54) is 6.92 Å². The van der Waals surface area contributed by atoms with Gasteiger partial charge in [-0.2, -0.15) is 5.26 Å². The van der Waals surface area contributed by atoms with E-state index in [1.54, 1.807) is 38.3 Å². The number of rotatable bonds is 4. The van der Waals surface area contributed by atoms with Crippen molar-refractivity contribution in [3.63, 3.8) is 0 Å². The van der Waals surface area contributed by atoms with Gasteiger partial charge in [0, 0.05) is 6.92 Å². The van der Waals surface area contributed by atoms with Crippen LogP contribution in [0.2, 0.25) is 0 Å². The summed E-state index contributed by atoms with van der Waals surface area (Å²) < 4.78 is 10.1. The predicted octanol–water partition coefficient (Wildman–Crippen LogP) is 2.25. The summed E-state index contributed by atoms with van der Waals surface area (Å²) in [6.45, 7) is 3.04. The fourth-order valence-corrected chi connectivity index (χ4v) is 1.59. The van der Waals surface area contributed by atoms with Crippen molar-refractivity contribution < 1.29 is 14.3 Å². The maximum atomic E-state index is 10.9. The molecule has 2 atom stereocenters. The summed E-state index contributed by atoms with van der Waals surface area (Å²) in [5, 5.41) is 9.12. The zero-order chi connectivity index (χ0) is 12.8. The van der Waals surface area contributed by atoms with Crippen molar-refractivity contribution in [1.82, 2.24) is 0 Å². The number of nitrogens with zero attached hydrogens (tertiary/aromatic N) is 1. The largest absolute Gasteiger partial charge is 0.497 e. The van der Waals surface area contributed by atoms with E-state index in [0.29, 0.717) is 0 Å². The molecule has 17 heavy (non-hydrogen) atoms. The van der Waals surface area contributed by atoms with Crippen LogP contribution in [0.3, 0.4) is 0 Å². The van der Waals surface area contributed by atoms with Crippen LogP contribution in [0, 0.1) is 11.3 Å². The van der Waals surface area contributed by atoms with Gasteiger partial charge in [0.15, 0.2) is 0 Å². The number of carbonyl (C=O) groups is 1. The maximum absolute atomic E-state index is 10.9. The Kier molecular flexibility index (Phi) is 4.53. The summed E-state index contributed by atoms with van der Waals surface area (Å²) in [6.07, 6.45) is -0.467. The number of carbonyl (C=O) groups excluding carboxylic acids is 1. The topological polar surface area (TPSA) is 59.3 Å². The fourth-order valence-electron chi connectivity index (χ4n) is 1.59. The molecule has 0 aliphatic carbocycles. The van der Waals surface area contributed by atoms with Crippen LogP contribution >= 0.6 is 0 Å². The second-order valence-corrected chi connectivity index (χ2v) is 3.69. The minimum atomic E-state index is -0.468. The van der Waals surface area contributed by atoms with Crippen molar-refractivity contribution in [2.24, 2.45) is 0 Å². The van der Waals surface area contributed by atoms with E-state index in [1.807, 2.05) is 0 Å². The van der Waals surface area contributed by atoms with E-state index in [4.69, 9.17) is 14.7 Å². The molecule has 0 aromatic heterocycles. The van der Waals surface area contributed by atoms with Gasteiger partial charge in [-0.25, -0.2) is 0 Å². The molecule has 1 rings (SSSR count). The molecule has 90 valence electrons. The molecule has 0 fully saturated rings. The van der Waals surface area contributed by atoms with Gasteiger partial charge in [-0.1, -0.05) is 12.1 Å². The van der Waals surface area contributed by atoms with Gasteiger partial charge < -0.3 is 9.47 Å². The first kappa shape index (κ1) is 13.0. The van der Waals surface area contributed by atoms with Gasteiger partial charge in [-0.05, 0) is 24.6 Å². The van der Waals surface area contributed by atoms with Gasteiger partial charge >= 0.3 is 5.97 Å². The minimum absolute atomic E-state index is 0.383. The summed E-state index contributed by atoms with van der Waals surface area (Å²) in [4.78, 5) is 10.9. The molecule has 0 saturated carbocycles. The van der Waals surface area contributed by atoms with Gasteiger partial charge in [-0.3, -0.25) is 4.79 Å². The molecule has 0 aliphatic heterocycles. The molecular formula is C13H15NO3. The third-order valence-electron chi connectivity index (χ3n) is 2.44. The van der Waals surface area contributed by atoms with Crippen LogP contribution in [0.4, 0.5) is 0 Å². The molecule has 0 radical (unpaired) electrons. The predicted molar refractivity (Wildman–Crippen MR) is 62.6 cm³/mol. The Morgan fingerprint density at radius 2 is 1.94 bits per heavy atom. The fraction of sp³-hybridized carbons (Fsp3) is 0.385. The molecule has 0 bridgehead atoms. The summed E-state index contributed by atoms with van der Waals surface area (Å²) in [7, 11) is 1.58. The summed E-state index contributed by atoms with van der Waals surface area (Å²) >= 11 is 0. The molecule has 1 aromatic carbocycles. The number of hydrogen-bond acceptors (Lipinski definition) is 4. The zero-order valence-corrected chi connectivity index (χ0v) is 10.1. The SMILES string of the molecule is COc1ccc(C(C#N)C(C)OC(C)=O)cc1. The third-order valence-corrected chi connectivity index (χ3v) is 2.44. The average molecular weight is 233 g/mol. The van der Waals surface area contributed by atoms with Gasteiger partial charge in [0.25, 0.3) is 0 Å². The molecule has 0 saturated heterocycles. The van der Waals surface area contributed by atoms with Crippen LogP contribution in [0.1, 0.15) is 25.3 Å². The van der Waals surface area contributed by atoms with Crippen molar-refractivity contribution >= 4 is 5.97 Å². The lowest BCUT2D eigenvalue weighted by molar-refractivity contribution is -0.145. The second kappa shape index (κ2) is 5.90. The van der Waals surface area contributed by atoms with Crippen LogP contribution in [0.25, 0.3) is 0 Å². The minimum Gasteiger partial charge on any atom is -0.497 e. The van der Waals surface area contributed by atoms with Crippen LogP contribution in [-0.4, -0.2) is 19.2 Å². The summed E-state index contributed by atoms with van der Waals surface area (Å²) in [5.41, 5.74) is 0.807. The highest BCUT2D eigenvalue weighted by Gasteiger charge is 2.21. The molecule has 4 heteroatoms. The highest BCUT2D eigenvalue weighted by atomic mass is 16.5. The smallest absolute Gasteiger partial charge is 0.302 e. The van der Waals surface area contributed by atoms with Gasteiger partial charge in [0.2, 0.25) is 0 Å². The number of benzene rings is 1. The van der Waals surface area contributed by atoms with Gasteiger partial charge in [0.1, 0.15) is 17.8 Å².